The van der Waals surface area contributed by atoms with Gasteiger partial charge in [0.1, 0.15) is 0 Å². The molecule has 0 aliphatic carbocycles. The van der Waals surface area contributed by atoms with Gasteiger partial charge in [-0.2, -0.15) is 10.5 Å². The molecule has 5 nitrogen and oxygen atoms in total. The number of rotatable bonds is 6. The molecule has 1 heterocycles. The normalized spacial score (nSPS) is 22.2. The van der Waals surface area contributed by atoms with Crippen LogP contribution in [0.15, 0.2) is 0 Å². The van der Waals surface area contributed by atoms with E-state index < -0.39 is 5.54 Å². The van der Waals surface area contributed by atoms with Crippen molar-refractivity contribution in [3.63, 3.8) is 0 Å². The van der Waals surface area contributed by atoms with E-state index in [2.05, 4.69) is 17.5 Å². The summed E-state index contributed by atoms with van der Waals surface area (Å²) in [4.78, 5) is 14.2. The first-order chi connectivity index (χ1) is 8.70. The van der Waals surface area contributed by atoms with Crippen LogP contribution in [0.4, 0.5) is 0 Å². The summed E-state index contributed by atoms with van der Waals surface area (Å²) < 4.78 is 0. The molecule has 1 unspecified atom stereocenters. The number of nitrogens with zero attached hydrogens (tertiary/aromatic N) is 3. The largest absolute Gasteiger partial charge is 0.339 e. The van der Waals surface area contributed by atoms with Gasteiger partial charge in [-0.15, -0.1) is 0 Å². The topological polar surface area (TPSA) is 79.9 Å². The molecule has 1 atom stereocenters. The van der Waals surface area contributed by atoms with Gasteiger partial charge in [0.25, 0.3) is 0 Å². The predicted octanol–water partition coefficient (Wildman–Crippen LogP) is 1.17. The van der Waals surface area contributed by atoms with Gasteiger partial charge in [-0.05, 0) is 25.8 Å². The highest BCUT2D eigenvalue weighted by Crippen LogP contribution is 2.25. The molecule has 5 heteroatoms. The van der Waals surface area contributed by atoms with Crippen LogP contribution in [-0.2, 0) is 4.79 Å². The predicted molar refractivity (Wildman–Crippen MR) is 67.3 cm³/mol. The maximum Gasteiger partial charge on any atom is 0.242 e. The summed E-state index contributed by atoms with van der Waals surface area (Å²) in [7, 11) is 0. The molecule has 1 amide bonds. The first-order valence-electron chi connectivity index (χ1n) is 6.48. The second-order valence-electron chi connectivity index (χ2n) is 4.57. The highest BCUT2D eigenvalue weighted by molar-refractivity contribution is 5.86. The Morgan fingerprint density at radius 3 is 2.33 bits per heavy atom. The van der Waals surface area contributed by atoms with Gasteiger partial charge in [0, 0.05) is 13.1 Å². The standard InChI is InChI=1S/C13H20N4O/c1-2-13(6-3-9-16-13)12(18)17(10-4-7-14)11-5-8-15/h16H,2-6,9-11H2,1H3. The fourth-order valence-electron chi connectivity index (χ4n) is 2.43. The molecule has 1 N–H and O–H groups in total. The van der Waals surface area contributed by atoms with Gasteiger partial charge in [0.05, 0.1) is 30.5 Å². The quantitative estimate of drug-likeness (QED) is 0.765. The van der Waals surface area contributed by atoms with Crippen LogP contribution in [0, 0.1) is 22.7 Å². The Labute approximate surface area is 108 Å². The SMILES string of the molecule is CCC1(C(=O)N(CCC#N)CCC#N)CCCN1. The first kappa shape index (κ1) is 14.5. The summed E-state index contributed by atoms with van der Waals surface area (Å²) in [5, 5.41) is 20.6. The number of amides is 1. The minimum Gasteiger partial charge on any atom is -0.339 e. The Balaban J connectivity index is 2.73. The molecule has 0 saturated carbocycles. The van der Waals surface area contributed by atoms with Crippen LogP contribution in [0.2, 0.25) is 0 Å². The zero-order valence-corrected chi connectivity index (χ0v) is 10.9. The molecule has 0 aromatic carbocycles. The van der Waals surface area contributed by atoms with Crippen molar-refractivity contribution in [2.45, 2.75) is 44.6 Å². The number of hydrogen-bond acceptors (Lipinski definition) is 4. The van der Waals surface area contributed by atoms with E-state index in [0.29, 0.717) is 25.9 Å². The van der Waals surface area contributed by atoms with E-state index in [1.54, 1.807) is 4.90 Å². The molecule has 0 bridgehead atoms. The third kappa shape index (κ3) is 3.21. The molecule has 0 aromatic rings. The Hall–Kier alpha value is -1.59. The first-order valence-corrected chi connectivity index (χ1v) is 6.48. The van der Waals surface area contributed by atoms with Crippen molar-refractivity contribution in [1.29, 1.82) is 10.5 Å². The smallest absolute Gasteiger partial charge is 0.242 e. The lowest BCUT2D eigenvalue weighted by molar-refractivity contribution is -0.138. The van der Waals surface area contributed by atoms with Crippen molar-refractivity contribution < 1.29 is 4.79 Å². The number of hydrogen-bond donors (Lipinski definition) is 1. The average Bonchev–Trinajstić information content (AvgIpc) is 2.88. The van der Waals surface area contributed by atoms with Gasteiger partial charge in [0.15, 0.2) is 0 Å². The Kier molecular flexibility index (Phi) is 5.61. The van der Waals surface area contributed by atoms with E-state index in [4.69, 9.17) is 10.5 Å². The molecule has 98 valence electrons. The lowest BCUT2D eigenvalue weighted by Crippen LogP contribution is -2.55. The highest BCUT2D eigenvalue weighted by atomic mass is 16.2. The van der Waals surface area contributed by atoms with Gasteiger partial charge in [-0.3, -0.25) is 4.79 Å². The summed E-state index contributed by atoms with van der Waals surface area (Å²) in [6.07, 6.45) is 3.23. The van der Waals surface area contributed by atoms with Crippen LogP contribution in [0.5, 0.6) is 0 Å². The second kappa shape index (κ2) is 6.98. The second-order valence-corrected chi connectivity index (χ2v) is 4.57. The van der Waals surface area contributed by atoms with E-state index >= 15 is 0 Å². The van der Waals surface area contributed by atoms with Crippen molar-refractivity contribution in [2.75, 3.05) is 19.6 Å². The van der Waals surface area contributed by atoms with E-state index in [9.17, 15) is 4.79 Å². The van der Waals surface area contributed by atoms with Crippen LogP contribution in [0.25, 0.3) is 0 Å². The number of carbonyl (C=O) groups excluding carboxylic acids is 1. The summed E-state index contributed by atoms with van der Waals surface area (Å²) >= 11 is 0. The molecule has 0 spiro atoms. The zero-order valence-electron chi connectivity index (χ0n) is 10.9. The number of carbonyl (C=O) groups is 1. The van der Waals surface area contributed by atoms with E-state index in [1.165, 1.54) is 0 Å². The Morgan fingerprint density at radius 1 is 1.33 bits per heavy atom. The van der Waals surface area contributed by atoms with Crippen molar-refractivity contribution in [3.05, 3.63) is 0 Å². The molecule has 1 saturated heterocycles. The molecule has 1 aliphatic rings. The van der Waals surface area contributed by atoms with Crippen molar-refractivity contribution in [1.82, 2.24) is 10.2 Å². The lowest BCUT2D eigenvalue weighted by atomic mass is 9.92. The molecule has 1 rings (SSSR count). The van der Waals surface area contributed by atoms with E-state index in [0.717, 1.165) is 25.8 Å². The van der Waals surface area contributed by atoms with Crippen molar-refractivity contribution >= 4 is 5.91 Å². The summed E-state index contributed by atoms with van der Waals surface area (Å²) in [6, 6.07) is 4.11. The van der Waals surface area contributed by atoms with Crippen LogP contribution >= 0.6 is 0 Å². The number of nitrogens with one attached hydrogen (secondary N) is 1. The lowest BCUT2D eigenvalue weighted by Gasteiger charge is -2.33. The monoisotopic (exact) mass is 248 g/mol. The summed E-state index contributed by atoms with van der Waals surface area (Å²) in [5.74, 6) is 0.0491. The van der Waals surface area contributed by atoms with Crippen LogP contribution < -0.4 is 5.32 Å². The van der Waals surface area contributed by atoms with Gasteiger partial charge in [0.2, 0.25) is 5.91 Å². The molecule has 1 fully saturated rings. The van der Waals surface area contributed by atoms with Gasteiger partial charge in [-0.25, -0.2) is 0 Å². The van der Waals surface area contributed by atoms with Crippen LogP contribution in [0.1, 0.15) is 39.0 Å². The van der Waals surface area contributed by atoms with Crippen LogP contribution in [0.3, 0.4) is 0 Å². The van der Waals surface area contributed by atoms with Gasteiger partial charge < -0.3 is 10.2 Å². The van der Waals surface area contributed by atoms with Crippen LogP contribution in [-0.4, -0.2) is 36.0 Å². The fraction of sp³-hybridized carbons (Fsp3) is 0.769. The minimum atomic E-state index is -0.467. The van der Waals surface area contributed by atoms with Crippen molar-refractivity contribution in [3.8, 4) is 12.1 Å². The van der Waals surface area contributed by atoms with Gasteiger partial charge in [-0.1, -0.05) is 6.92 Å². The maximum atomic E-state index is 12.6. The zero-order chi connectivity index (χ0) is 13.4. The average molecular weight is 248 g/mol. The Morgan fingerprint density at radius 2 is 1.94 bits per heavy atom. The molecular weight excluding hydrogens is 228 g/mol. The van der Waals surface area contributed by atoms with Gasteiger partial charge >= 0.3 is 0 Å². The molecule has 0 radical (unpaired) electrons. The van der Waals surface area contributed by atoms with Crippen molar-refractivity contribution in [2.24, 2.45) is 0 Å². The molecule has 0 aromatic heterocycles. The third-order valence-corrected chi connectivity index (χ3v) is 3.53. The molecule has 18 heavy (non-hydrogen) atoms. The van der Waals surface area contributed by atoms with E-state index in [-0.39, 0.29) is 5.91 Å². The Bertz CT molecular complexity index is 342. The fourth-order valence-corrected chi connectivity index (χ4v) is 2.43. The maximum absolute atomic E-state index is 12.6. The summed E-state index contributed by atoms with van der Waals surface area (Å²) in [6.45, 7) is 3.70. The minimum absolute atomic E-state index is 0.0491. The number of nitriles is 2. The third-order valence-electron chi connectivity index (χ3n) is 3.53. The van der Waals surface area contributed by atoms with E-state index in [1.807, 2.05) is 6.92 Å². The highest BCUT2D eigenvalue weighted by Gasteiger charge is 2.41. The summed E-state index contributed by atoms with van der Waals surface area (Å²) in [5.41, 5.74) is -0.467. The molecule has 1 aliphatic heterocycles. The molecular formula is C13H20N4O.